The third-order valence-electron chi connectivity index (χ3n) is 4.27. The molecule has 2 N–H and O–H groups in total. The van der Waals surface area contributed by atoms with Gasteiger partial charge in [0.1, 0.15) is 6.04 Å². The second kappa shape index (κ2) is 6.89. The number of nitrogens with one attached hydrogen (secondary N) is 1. The van der Waals surface area contributed by atoms with Crippen LogP contribution in [-0.4, -0.2) is 23.2 Å². The highest BCUT2D eigenvalue weighted by Gasteiger charge is 2.32. The molecule has 0 saturated heterocycles. The largest absolute Gasteiger partial charge is 0.480 e. The van der Waals surface area contributed by atoms with E-state index in [0.29, 0.717) is 12.0 Å². The molecule has 110 valence electrons. The van der Waals surface area contributed by atoms with Gasteiger partial charge >= 0.3 is 5.97 Å². The normalized spacial score (nSPS) is 23.1. The monoisotopic (exact) mass is 275 g/mol. The van der Waals surface area contributed by atoms with Crippen LogP contribution in [0.25, 0.3) is 0 Å². The Bertz CT molecular complexity index is 435. The molecular weight excluding hydrogens is 250 g/mol. The van der Waals surface area contributed by atoms with Gasteiger partial charge in [-0.15, -0.1) is 0 Å². The van der Waals surface area contributed by atoms with Crippen molar-refractivity contribution in [2.45, 2.75) is 64.0 Å². The fourth-order valence-corrected chi connectivity index (χ4v) is 2.84. The summed E-state index contributed by atoms with van der Waals surface area (Å²) in [7, 11) is 0. The van der Waals surface area contributed by atoms with Gasteiger partial charge in [0.2, 0.25) is 0 Å². The summed E-state index contributed by atoms with van der Waals surface area (Å²) in [6, 6.07) is 8.68. The van der Waals surface area contributed by atoms with E-state index in [1.54, 1.807) is 0 Å². The highest BCUT2D eigenvalue weighted by atomic mass is 16.4. The summed E-state index contributed by atoms with van der Waals surface area (Å²) in [5.74, 6) is -0.119. The average Bonchev–Trinajstić information content (AvgIpc) is 2.38. The number of carboxylic acids is 1. The summed E-state index contributed by atoms with van der Waals surface area (Å²) >= 11 is 0. The Balaban J connectivity index is 1.80. The Labute approximate surface area is 121 Å². The maximum atomic E-state index is 11.2. The first kappa shape index (κ1) is 15.0. The van der Waals surface area contributed by atoms with Crippen LogP contribution in [-0.2, 0) is 4.79 Å². The van der Waals surface area contributed by atoms with Crippen LogP contribution >= 0.6 is 0 Å². The quantitative estimate of drug-likeness (QED) is 0.801. The maximum absolute atomic E-state index is 11.2. The van der Waals surface area contributed by atoms with E-state index < -0.39 is 5.97 Å². The summed E-state index contributed by atoms with van der Waals surface area (Å²) in [5, 5.41) is 12.5. The molecule has 3 nitrogen and oxygen atoms in total. The van der Waals surface area contributed by atoms with Crippen molar-refractivity contribution >= 4 is 5.97 Å². The lowest BCUT2D eigenvalue weighted by Gasteiger charge is -2.38. The second-order valence-corrected chi connectivity index (χ2v) is 5.98. The molecular formula is C17H25NO2. The number of carbonyl (C=O) groups is 1. The lowest BCUT2D eigenvalue weighted by atomic mass is 9.75. The van der Waals surface area contributed by atoms with Crippen molar-refractivity contribution in [3.63, 3.8) is 0 Å². The number of unbranched alkanes of at least 4 members (excludes halogenated alkanes) is 1. The van der Waals surface area contributed by atoms with Crippen molar-refractivity contribution < 1.29 is 9.90 Å². The molecule has 0 aromatic heterocycles. The summed E-state index contributed by atoms with van der Waals surface area (Å²) in [5.41, 5.74) is 2.67. The zero-order chi connectivity index (χ0) is 14.5. The molecule has 2 rings (SSSR count). The topological polar surface area (TPSA) is 49.3 Å². The zero-order valence-corrected chi connectivity index (χ0v) is 12.4. The predicted octanol–water partition coefficient (Wildman–Crippen LogP) is 3.47. The fraction of sp³-hybridized carbons (Fsp3) is 0.588. The van der Waals surface area contributed by atoms with Crippen LogP contribution in [0.15, 0.2) is 24.3 Å². The van der Waals surface area contributed by atoms with E-state index in [9.17, 15) is 9.90 Å². The molecule has 1 atom stereocenters. The van der Waals surface area contributed by atoms with Crippen molar-refractivity contribution in [1.29, 1.82) is 0 Å². The number of carboxylic acid groups (broad SMARTS) is 1. The van der Waals surface area contributed by atoms with Gasteiger partial charge < -0.3 is 10.4 Å². The highest BCUT2D eigenvalue weighted by Crippen LogP contribution is 2.37. The number of aliphatic carboxylic acids is 1. The molecule has 1 unspecified atom stereocenters. The molecule has 0 amide bonds. The van der Waals surface area contributed by atoms with Crippen LogP contribution in [0.3, 0.4) is 0 Å². The molecule has 1 aliphatic rings. The second-order valence-electron chi connectivity index (χ2n) is 5.98. The Morgan fingerprint density at radius 1 is 1.35 bits per heavy atom. The van der Waals surface area contributed by atoms with Crippen molar-refractivity contribution in [2.24, 2.45) is 0 Å². The predicted molar refractivity (Wildman–Crippen MR) is 81.0 cm³/mol. The van der Waals surface area contributed by atoms with Gasteiger partial charge in [0.25, 0.3) is 0 Å². The van der Waals surface area contributed by atoms with Gasteiger partial charge in [-0.25, -0.2) is 0 Å². The minimum atomic E-state index is -0.711. The van der Waals surface area contributed by atoms with Crippen molar-refractivity contribution in [2.75, 3.05) is 0 Å². The first-order chi connectivity index (χ1) is 9.60. The molecule has 1 aromatic carbocycles. The van der Waals surface area contributed by atoms with Gasteiger partial charge in [-0.05, 0) is 37.7 Å². The SMILES string of the molecule is CCCCC(NC1CC(c2ccc(C)cc2)C1)C(=O)O. The summed E-state index contributed by atoms with van der Waals surface area (Å²) in [6.45, 7) is 4.19. The van der Waals surface area contributed by atoms with Gasteiger partial charge in [0.15, 0.2) is 0 Å². The van der Waals surface area contributed by atoms with Gasteiger partial charge in [-0.2, -0.15) is 0 Å². The van der Waals surface area contributed by atoms with E-state index in [0.717, 1.165) is 32.1 Å². The Morgan fingerprint density at radius 3 is 2.55 bits per heavy atom. The molecule has 1 aromatic rings. The summed E-state index contributed by atoms with van der Waals surface area (Å²) < 4.78 is 0. The van der Waals surface area contributed by atoms with E-state index >= 15 is 0 Å². The zero-order valence-electron chi connectivity index (χ0n) is 12.4. The molecule has 0 aliphatic heterocycles. The standard InChI is InChI=1S/C17H25NO2/c1-3-4-5-16(17(19)20)18-15-10-14(11-15)13-8-6-12(2)7-9-13/h6-9,14-16,18H,3-5,10-11H2,1-2H3,(H,19,20). The van der Waals surface area contributed by atoms with E-state index in [2.05, 4.69) is 43.4 Å². The van der Waals surface area contributed by atoms with Crippen LogP contribution in [0.1, 0.15) is 56.1 Å². The van der Waals surface area contributed by atoms with Crippen LogP contribution in [0, 0.1) is 6.92 Å². The minimum Gasteiger partial charge on any atom is -0.480 e. The van der Waals surface area contributed by atoms with Crippen LogP contribution < -0.4 is 5.32 Å². The number of benzene rings is 1. The molecule has 0 spiro atoms. The Hall–Kier alpha value is -1.35. The van der Waals surface area contributed by atoms with Gasteiger partial charge in [-0.3, -0.25) is 4.79 Å². The van der Waals surface area contributed by atoms with Gasteiger partial charge in [0, 0.05) is 6.04 Å². The maximum Gasteiger partial charge on any atom is 0.320 e. The summed E-state index contributed by atoms with van der Waals surface area (Å²) in [6.07, 6.45) is 4.86. The average molecular weight is 275 g/mol. The van der Waals surface area contributed by atoms with E-state index in [1.165, 1.54) is 11.1 Å². The minimum absolute atomic E-state index is 0.360. The highest BCUT2D eigenvalue weighted by molar-refractivity contribution is 5.73. The molecule has 0 bridgehead atoms. The Kier molecular flexibility index (Phi) is 5.18. The third-order valence-corrected chi connectivity index (χ3v) is 4.27. The number of aryl methyl sites for hydroxylation is 1. The molecule has 20 heavy (non-hydrogen) atoms. The van der Waals surface area contributed by atoms with Crippen molar-refractivity contribution in [1.82, 2.24) is 5.32 Å². The van der Waals surface area contributed by atoms with Crippen molar-refractivity contribution in [3.05, 3.63) is 35.4 Å². The Morgan fingerprint density at radius 2 is 2.00 bits per heavy atom. The van der Waals surface area contributed by atoms with Crippen LogP contribution in [0.4, 0.5) is 0 Å². The molecule has 1 aliphatic carbocycles. The number of hydrogen-bond donors (Lipinski definition) is 2. The number of hydrogen-bond acceptors (Lipinski definition) is 2. The smallest absolute Gasteiger partial charge is 0.320 e. The van der Waals surface area contributed by atoms with Crippen LogP contribution in [0.5, 0.6) is 0 Å². The van der Waals surface area contributed by atoms with Crippen LogP contribution in [0.2, 0.25) is 0 Å². The number of rotatable bonds is 7. The fourth-order valence-electron chi connectivity index (χ4n) is 2.84. The lowest BCUT2D eigenvalue weighted by Crippen LogP contribution is -2.48. The third kappa shape index (κ3) is 3.83. The van der Waals surface area contributed by atoms with E-state index in [-0.39, 0.29) is 6.04 Å². The molecule has 1 saturated carbocycles. The molecule has 0 radical (unpaired) electrons. The lowest BCUT2D eigenvalue weighted by molar-refractivity contribution is -0.140. The van der Waals surface area contributed by atoms with E-state index in [4.69, 9.17) is 0 Å². The first-order valence-electron chi connectivity index (χ1n) is 7.65. The van der Waals surface area contributed by atoms with E-state index in [1.807, 2.05) is 0 Å². The first-order valence-corrected chi connectivity index (χ1v) is 7.65. The molecule has 1 fully saturated rings. The van der Waals surface area contributed by atoms with Crippen molar-refractivity contribution in [3.8, 4) is 0 Å². The van der Waals surface area contributed by atoms with Gasteiger partial charge in [0.05, 0.1) is 0 Å². The van der Waals surface area contributed by atoms with Gasteiger partial charge in [-0.1, -0.05) is 49.6 Å². The summed E-state index contributed by atoms with van der Waals surface area (Å²) in [4.78, 5) is 11.2. The molecule has 0 heterocycles. The molecule has 3 heteroatoms.